The summed E-state index contributed by atoms with van der Waals surface area (Å²) in [5.41, 5.74) is 0.943. The van der Waals surface area contributed by atoms with Crippen molar-refractivity contribution < 1.29 is 0 Å². The van der Waals surface area contributed by atoms with Crippen LogP contribution in [0.25, 0.3) is 0 Å². The largest absolute Gasteiger partial charge is 0.347 e. The quantitative estimate of drug-likeness (QED) is 0.766. The second kappa shape index (κ2) is 5.40. The molecule has 1 saturated carbocycles. The zero-order chi connectivity index (χ0) is 12.4. The second-order valence-electron chi connectivity index (χ2n) is 4.75. The van der Waals surface area contributed by atoms with E-state index >= 15 is 0 Å². The van der Waals surface area contributed by atoms with E-state index in [1.165, 1.54) is 19.3 Å². The van der Waals surface area contributed by atoms with Gasteiger partial charge in [0.1, 0.15) is 10.3 Å². The van der Waals surface area contributed by atoms with Crippen LogP contribution in [-0.2, 0) is 0 Å². The van der Waals surface area contributed by atoms with Crippen molar-refractivity contribution in [3.05, 3.63) is 15.9 Å². The van der Waals surface area contributed by atoms with E-state index in [1.807, 2.05) is 19.0 Å². The van der Waals surface area contributed by atoms with Crippen LogP contribution in [0.15, 0.2) is 0 Å². The Hall–Kier alpha value is -0.540. The summed E-state index contributed by atoms with van der Waals surface area (Å²) in [5, 5.41) is 1.03. The van der Waals surface area contributed by atoms with E-state index in [0.717, 1.165) is 18.4 Å². The summed E-state index contributed by atoms with van der Waals surface area (Å²) in [5.74, 6) is 1.000. The molecule has 1 aliphatic rings. The van der Waals surface area contributed by atoms with Gasteiger partial charge >= 0.3 is 0 Å². The van der Waals surface area contributed by atoms with E-state index in [1.54, 1.807) is 0 Å². The van der Waals surface area contributed by atoms with Gasteiger partial charge < -0.3 is 4.90 Å². The number of anilines is 1. The fourth-order valence-corrected chi connectivity index (χ4v) is 3.02. The highest BCUT2D eigenvalue weighted by Gasteiger charge is 2.23. The second-order valence-corrected chi connectivity index (χ2v) is 5.46. The monoisotopic (exact) mass is 273 g/mol. The highest BCUT2D eigenvalue weighted by atomic mass is 35.5. The van der Waals surface area contributed by atoms with Gasteiger partial charge in [-0.1, -0.05) is 42.5 Å². The third-order valence-corrected chi connectivity index (χ3v) is 3.83. The molecule has 0 spiro atoms. The molecule has 1 heterocycles. The Morgan fingerprint density at radius 1 is 1.00 bits per heavy atom. The molecule has 0 aromatic carbocycles. The number of nitrogens with zero attached hydrogens (tertiary/aromatic N) is 3. The van der Waals surface area contributed by atoms with Gasteiger partial charge in [0.2, 0.25) is 5.95 Å². The maximum atomic E-state index is 6.25. The van der Waals surface area contributed by atoms with Crippen molar-refractivity contribution in [2.75, 3.05) is 19.0 Å². The minimum absolute atomic E-state index is 0.431. The predicted molar refractivity (Wildman–Crippen MR) is 72.2 cm³/mol. The zero-order valence-corrected chi connectivity index (χ0v) is 11.7. The van der Waals surface area contributed by atoms with Gasteiger partial charge in [-0.3, -0.25) is 0 Å². The van der Waals surface area contributed by atoms with Gasteiger partial charge in [0, 0.05) is 19.7 Å². The molecule has 0 radical (unpaired) electrons. The first kappa shape index (κ1) is 12.9. The lowest BCUT2D eigenvalue weighted by molar-refractivity contribution is 0.442. The molecule has 1 aliphatic carbocycles. The first-order valence-corrected chi connectivity index (χ1v) is 6.75. The normalized spacial score (nSPS) is 17.2. The molecule has 17 heavy (non-hydrogen) atoms. The van der Waals surface area contributed by atoms with Crippen LogP contribution in [0.5, 0.6) is 0 Å². The van der Waals surface area contributed by atoms with E-state index in [4.69, 9.17) is 23.2 Å². The average molecular weight is 274 g/mol. The Bertz CT molecular complexity index is 378. The third kappa shape index (κ3) is 2.83. The first-order valence-electron chi connectivity index (χ1n) is 6.00. The molecule has 1 aromatic rings. The van der Waals surface area contributed by atoms with Crippen molar-refractivity contribution in [1.82, 2.24) is 9.97 Å². The number of hydrogen-bond donors (Lipinski definition) is 0. The summed E-state index contributed by atoms with van der Waals surface area (Å²) in [7, 11) is 3.75. The molecule has 0 N–H and O–H groups in total. The van der Waals surface area contributed by atoms with Crippen molar-refractivity contribution in [3.8, 4) is 0 Å². The molecule has 0 amide bonds. The van der Waals surface area contributed by atoms with Gasteiger partial charge in [0.25, 0.3) is 0 Å². The summed E-state index contributed by atoms with van der Waals surface area (Å²) in [6.45, 7) is 0. The summed E-state index contributed by atoms with van der Waals surface area (Å²) in [4.78, 5) is 10.4. The molecule has 0 bridgehead atoms. The molecular formula is C12H17Cl2N3. The lowest BCUT2D eigenvalue weighted by atomic mass is 9.85. The SMILES string of the molecule is CN(C)c1nc(Cl)c(C2CCCCC2)c(Cl)n1. The maximum absolute atomic E-state index is 6.25. The Morgan fingerprint density at radius 2 is 1.53 bits per heavy atom. The number of rotatable bonds is 2. The van der Waals surface area contributed by atoms with Crippen LogP contribution in [-0.4, -0.2) is 24.1 Å². The van der Waals surface area contributed by atoms with Crippen molar-refractivity contribution in [2.45, 2.75) is 38.0 Å². The lowest BCUT2D eigenvalue weighted by Crippen LogP contribution is -2.15. The molecule has 1 fully saturated rings. The summed E-state index contributed by atoms with van der Waals surface area (Å²) >= 11 is 12.5. The van der Waals surface area contributed by atoms with Crippen molar-refractivity contribution in [2.24, 2.45) is 0 Å². The average Bonchev–Trinajstić information content (AvgIpc) is 2.29. The number of halogens is 2. The smallest absolute Gasteiger partial charge is 0.227 e. The van der Waals surface area contributed by atoms with E-state index in [0.29, 0.717) is 22.2 Å². The van der Waals surface area contributed by atoms with Crippen LogP contribution in [0.3, 0.4) is 0 Å². The minimum atomic E-state index is 0.431. The van der Waals surface area contributed by atoms with Crippen molar-refractivity contribution >= 4 is 29.2 Å². The Balaban J connectivity index is 2.33. The highest BCUT2D eigenvalue weighted by Crippen LogP contribution is 2.39. The van der Waals surface area contributed by atoms with Crippen LogP contribution in [0.1, 0.15) is 43.6 Å². The molecule has 3 nitrogen and oxygen atoms in total. The standard InChI is InChI=1S/C12H17Cl2N3/c1-17(2)12-15-10(13)9(11(14)16-12)8-6-4-3-5-7-8/h8H,3-7H2,1-2H3. The molecule has 94 valence electrons. The Kier molecular flexibility index (Phi) is 4.10. The van der Waals surface area contributed by atoms with Crippen molar-refractivity contribution in [3.63, 3.8) is 0 Å². The van der Waals surface area contributed by atoms with Gasteiger partial charge in [0.05, 0.1) is 0 Å². The fraction of sp³-hybridized carbons (Fsp3) is 0.667. The van der Waals surface area contributed by atoms with E-state index in [-0.39, 0.29) is 0 Å². The molecule has 1 aromatic heterocycles. The van der Waals surface area contributed by atoms with Gasteiger partial charge in [-0.05, 0) is 18.8 Å². The molecule has 0 saturated heterocycles. The molecule has 2 rings (SSSR count). The Morgan fingerprint density at radius 3 is 2.00 bits per heavy atom. The van der Waals surface area contributed by atoms with Crippen LogP contribution in [0, 0.1) is 0 Å². The van der Waals surface area contributed by atoms with E-state index < -0.39 is 0 Å². The summed E-state index contributed by atoms with van der Waals surface area (Å²) in [6.07, 6.45) is 6.08. The van der Waals surface area contributed by atoms with Gasteiger partial charge in [-0.15, -0.1) is 0 Å². The molecule has 0 atom stereocenters. The van der Waals surface area contributed by atoms with Gasteiger partial charge in [-0.25, -0.2) is 9.97 Å². The molecular weight excluding hydrogens is 257 g/mol. The maximum Gasteiger partial charge on any atom is 0.227 e. The predicted octanol–water partition coefficient (Wildman–Crippen LogP) is 3.90. The Labute approximate surface area is 112 Å². The highest BCUT2D eigenvalue weighted by molar-refractivity contribution is 6.34. The first-order chi connectivity index (χ1) is 8.09. The summed E-state index contributed by atoms with van der Waals surface area (Å²) < 4.78 is 0. The molecule has 0 unspecified atom stereocenters. The lowest BCUT2D eigenvalue weighted by Gasteiger charge is -2.23. The van der Waals surface area contributed by atoms with Gasteiger partial charge in [0.15, 0.2) is 0 Å². The van der Waals surface area contributed by atoms with Crippen LogP contribution in [0.4, 0.5) is 5.95 Å². The molecule has 5 heteroatoms. The van der Waals surface area contributed by atoms with Crippen LogP contribution in [0.2, 0.25) is 10.3 Å². The topological polar surface area (TPSA) is 29.0 Å². The fourth-order valence-electron chi connectivity index (χ4n) is 2.33. The van der Waals surface area contributed by atoms with E-state index in [9.17, 15) is 0 Å². The number of hydrogen-bond acceptors (Lipinski definition) is 3. The molecule has 0 aliphatic heterocycles. The van der Waals surface area contributed by atoms with Gasteiger partial charge in [-0.2, -0.15) is 0 Å². The minimum Gasteiger partial charge on any atom is -0.347 e. The van der Waals surface area contributed by atoms with Crippen molar-refractivity contribution in [1.29, 1.82) is 0 Å². The van der Waals surface area contributed by atoms with Crippen LogP contribution < -0.4 is 4.90 Å². The summed E-state index contributed by atoms with van der Waals surface area (Å²) in [6, 6.07) is 0. The third-order valence-electron chi connectivity index (χ3n) is 3.25. The number of aromatic nitrogens is 2. The van der Waals surface area contributed by atoms with Crippen LogP contribution >= 0.6 is 23.2 Å². The van der Waals surface area contributed by atoms with E-state index in [2.05, 4.69) is 9.97 Å². The zero-order valence-electron chi connectivity index (χ0n) is 10.2.